The molecule has 1 saturated heterocycles. The fourth-order valence-corrected chi connectivity index (χ4v) is 2.15. The normalized spacial score (nSPS) is 17.8. The largest absolute Gasteiger partial charge is 0.332 e. The van der Waals surface area contributed by atoms with Crippen molar-refractivity contribution in [2.45, 2.75) is 19.3 Å². The number of benzene rings is 1. The van der Waals surface area contributed by atoms with E-state index in [1.54, 1.807) is 18.2 Å². The number of rotatable bonds is 2. The van der Waals surface area contributed by atoms with E-state index in [-0.39, 0.29) is 18.9 Å². The first-order valence-electron chi connectivity index (χ1n) is 5.82. The van der Waals surface area contributed by atoms with E-state index < -0.39 is 12.5 Å². The van der Waals surface area contributed by atoms with Crippen molar-refractivity contribution in [1.82, 2.24) is 4.90 Å². The molecule has 1 heterocycles. The summed E-state index contributed by atoms with van der Waals surface area (Å²) in [6.45, 7) is 5.14. The molecule has 1 amide bonds. The molecule has 0 spiro atoms. The summed E-state index contributed by atoms with van der Waals surface area (Å²) in [4.78, 5) is 13.3. The van der Waals surface area contributed by atoms with Crippen molar-refractivity contribution in [3.05, 3.63) is 41.5 Å². The quantitative estimate of drug-likeness (QED) is 0.790. The predicted octanol–water partition coefficient (Wildman–Crippen LogP) is 3.12. The van der Waals surface area contributed by atoms with Crippen LogP contribution in [0.2, 0.25) is 0 Å². The summed E-state index contributed by atoms with van der Waals surface area (Å²) in [7, 11) is 0. The van der Waals surface area contributed by atoms with Crippen LogP contribution in [0.5, 0.6) is 0 Å². The van der Waals surface area contributed by atoms with Crippen LogP contribution in [-0.4, -0.2) is 29.8 Å². The minimum absolute atomic E-state index is 0.114. The van der Waals surface area contributed by atoms with Gasteiger partial charge in [-0.2, -0.15) is 0 Å². The lowest BCUT2D eigenvalue weighted by atomic mass is 10.1. The average Bonchev–Trinajstić information content (AvgIpc) is 2.67. The molecule has 2 nitrogen and oxygen atoms in total. The van der Waals surface area contributed by atoms with Gasteiger partial charge >= 0.3 is 0 Å². The van der Waals surface area contributed by atoms with Crippen molar-refractivity contribution < 1.29 is 13.6 Å². The predicted molar refractivity (Wildman–Crippen MR) is 66.7 cm³/mol. The van der Waals surface area contributed by atoms with E-state index in [9.17, 15) is 13.6 Å². The molecule has 0 saturated carbocycles. The van der Waals surface area contributed by atoms with E-state index in [0.29, 0.717) is 5.56 Å². The second-order valence-electron chi connectivity index (χ2n) is 4.67. The SMILES string of the molecule is C=Cc1cc(C)cc(C(=O)N2CCC(F)(F)C2)c1. The van der Waals surface area contributed by atoms with E-state index in [0.717, 1.165) is 11.1 Å². The molecule has 1 aliphatic rings. The number of carbonyl (C=O) groups excluding carboxylic acids is 1. The number of nitrogens with zero attached hydrogens (tertiary/aromatic N) is 1. The van der Waals surface area contributed by atoms with E-state index in [1.807, 2.05) is 13.0 Å². The van der Waals surface area contributed by atoms with Gasteiger partial charge < -0.3 is 4.90 Å². The van der Waals surface area contributed by atoms with Gasteiger partial charge in [-0.05, 0) is 30.2 Å². The van der Waals surface area contributed by atoms with Crippen LogP contribution in [-0.2, 0) is 0 Å². The van der Waals surface area contributed by atoms with Gasteiger partial charge in [-0.25, -0.2) is 8.78 Å². The second-order valence-corrected chi connectivity index (χ2v) is 4.67. The molecule has 0 aliphatic carbocycles. The minimum Gasteiger partial charge on any atom is -0.332 e. The summed E-state index contributed by atoms with van der Waals surface area (Å²) in [6, 6.07) is 5.28. The first-order chi connectivity index (χ1) is 8.41. The molecule has 18 heavy (non-hydrogen) atoms. The van der Waals surface area contributed by atoms with Crippen molar-refractivity contribution in [3.8, 4) is 0 Å². The van der Waals surface area contributed by atoms with Gasteiger partial charge in [0.05, 0.1) is 6.54 Å². The molecule has 1 aromatic carbocycles. The second kappa shape index (κ2) is 4.52. The number of hydrogen-bond acceptors (Lipinski definition) is 1. The third-order valence-corrected chi connectivity index (χ3v) is 3.04. The lowest BCUT2D eigenvalue weighted by Gasteiger charge is -2.16. The maximum absolute atomic E-state index is 13.1. The number of likely N-dealkylation sites (tertiary alicyclic amines) is 1. The van der Waals surface area contributed by atoms with Gasteiger partial charge in [-0.3, -0.25) is 4.79 Å². The molecule has 96 valence electrons. The Morgan fingerprint density at radius 1 is 1.44 bits per heavy atom. The number of hydrogen-bond donors (Lipinski definition) is 0. The molecule has 1 aliphatic heterocycles. The van der Waals surface area contributed by atoms with E-state index in [2.05, 4.69) is 6.58 Å². The first-order valence-corrected chi connectivity index (χ1v) is 5.82. The Bertz CT molecular complexity index is 497. The van der Waals surface area contributed by atoms with Gasteiger partial charge in [0.2, 0.25) is 0 Å². The molecule has 1 fully saturated rings. The Hall–Kier alpha value is -1.71. The van der Waals surface area contributed by atoms with Gasteiger partial charge in [-0.15, -0.1) is 0 Å². The van der Waals surface area contributed by atoms with E-state index >= 15 is 0 Å². The summed E-state index contributed by atoms with van der Waals surface area (Å²) in [5.74, 6) is -3.08. The smallest absolute Gasteiger partial charge is 0.267 e. The van der Waals surface area contributed by atoms with Crippen molar-refractivity contribution in [2.24, 2.45) is 0 Å². The zero-order chi connectivity index (χ0) is 13.3. The Labute approximate surface area is 105 Å². The lowest BCUT2D eigenvalue weighted by molar-refractivity contribution is 0.0120. The van der Waals surface area contributed by atoms with Crippen LogP contribution in [0.3, 0.4) is 0 Å². The molecule has 0 aromatic heterocycles. The van der Waals surface area contributed by atoms with E-state index in [4.69, 9.17) is 0 Å². The van der Waals surface area contributed by atoms with Crippen LogP contribution in [0.15, 0.2) is 24.8 Å². The molecule has 4 heteroatoms. The summed E-state index contributed by atoms with van der Waals surface area (Å²) in [6.07, 6.45) is 1.39. The highest BCUT2D eigenvalue weighted by Crippen LogP contribution is 2.28. The van der Waals surface area contributed by atoms with Crippen LogP contribution in [0.1, 0.15) is 27.9 Å². The van der Waals surface area contributed by atoms with Crippen LogP contribution in [0.4, 0.5) is 8.78 Å². The highest BCUT2D eigenvalue weighted by atomic mass is 19.3. The maximum atomic E-state index is 13.1. The highest BCUT2D eigenvalue weighted by Gasteiger charge is 2.40. The average molecular weight is 251 g/mol. The molecule has 0 radical (unpaired) electrons. The molecular weight excluding hydrogens is 236 g/mol. The van der Waals surface area contributed by atoms with Crippen LogP contribution in [0, 0.1) is 6.92 Å². The molecule has 0 bridgehead atoms. The Morgan fingerprint density at radius 3 is 2.72 bits per heavy atom. The van der Waals surface area contributed by atoms with Crippen molar-refractivity contribution in [3.63, 3.8) is 0 Å². The molecule has 1 aromatic rings. The molecule has 2 rings (SSSR count). The number of alkyl halides is 2. The van der Waals surface area contributed by atoms with Gasteiger partial charge in [0.15, 0.2) is 0 Å². The Balaban J connectivity index is 2.24. The minimum atomic E-state index is -2.75. The van der Waals surface area contributed by atoms with Gasteiger partial charge in [-0.1, -0.05) is 18.7 Å². The summed E-state index contributed by atoms with van der Waals surface area (Å²) < 4.78 is 26.2. The van der Waals surface area contributed by atoms with Gasteiger partial charge in [0.1, 0.15) is 0 Å². The Kier molecular flexibility index (Phi) is 3.20. The fraction of sp³-hybridized carbons (Fsp3) is 0.357. The third kappa shape index (κ3) is 2.58. The maximum Gasteiger partial charge on any atom is 0.267 e. The van der Waals surface area contributed by atoms with Crippen molar-refractivity contribution in [1.29, 1.82) is 0 Å². The zero-order valence-electron chi connectivity index (χ0n) is 10.2. The van der Waals surface area contributed by atoms with Gasteiger partial charge in [0, 0.05) is 18.5 Å². The number of amides is 1. The summed E-state index contributed by atoms with van der Waals surface area (Å²) >= 11 is 0. The van der Waals surface area contributed by atoms with Crippen LogP contribution in [0.25, 0.3) is 6.08 Å². The standard InChI is InChI=1S/C14H15F2NO/c1-3-11-6-10(2)7-12(8-11)13(18)17-5-4-14(15,16)9-17/h3,6-8H,1,4-5,9H2,2H3. The third-order valence-electron chi connectivity index (χ3n) is 3.04. The molecule has 0 atom stereocenters. The molecule has 0 N–H and O–H groups in total. The Morgan fingerprint density at radius 2 is 2.17 bits per heavy atom. The van der Waals surface area contributed by atoms with Crippen LogP contribution < -0.4 is 0 Å². The number of aryl methyl sites for hydroxylation is 1. The van der Waals surface area contributed by atoms with Crippen molar-refractivity contribution in [2.75, 3.05) is 13.1 Å². The number of carbonyl (C=O) groups is 1. The van der Waals surface area contributed by atoms with Gasteiger partial charge in [0.25, 0.3) is 11.8 Å². The summed E-state index contributed by atoms with van der Waals surface area (Å²) in [5.41, 5.74) is 2.19. The summed E-state index contributed by atoms with van der Waals surface area (Å²) in [5, 5.41) is 0. The van der Waals surface area contributed by atoms with Crippen molar-refractivity contribution >= 4 is 12.0 Å². The van der Waals surface area contributed by atoms with Crippen LogP contribution >= 0.6 is 0 Å². The number of halogens is 2. The zero-order valence-corrected chi connectivity index (χ0v) is 10.2. The first kappa shape index (κ1) is 12.7. The molecule has 0 unspecified atom stereocenters. The lowest BCUT2D eigenvalue weighted by Crippen LogP contribution is -2.31. The molecular formula is C14H15F2NO. The highest BCUT2D eigenvalue weighted by molar-refractivity contribution is 5.95. The topological polar surface area (TPSA) is 20.3 Å². The monoisotopic (exact) mass is 251 g/mol. The fourth-order valence-electron chi connectivity index (χ4n) is 2.15. The van der Waals surface area contributed by atoms with E-state index in [1.165, 1.54) is 4.90 Å².